The van der Waals surface area contributed by atoms with Gasteiger partial charge in [0.25, 0.3) is 0 Å². The summed E-state index contributed by atoms with van der Waals surface area (Å²) in [5, 5.41) is 0. The molecule has 4 unspecified atom stereocenters. The molecule has 17 heavy (non-hydrogen) atoms. The number of ether oxygens (including phenoxy) is 1. The lowest BCUT2D eigenvalue weighted by molar-refractivity contribution is -0.0717. The molecular formula is C14H24F2O. The summed E-state index contributed by atoms with van der Waals surface area (Å²) in [4.78, 5) is 0. The molecule has 4 atom stereocenters. The summed E-state index contributed by atoms with van der Waals surface area (Å²) in [7, 11) is 1.48. The molecule has 2 aliphatic rings. The highest BCUT2D eigenvalue weighted by molar-refractivity contribution is 4.92. The Morgan fingerprint density at radius 1 is 0.882 bits per heavy atom. The summed E-state index contributed by atoms with van der Waals surface area (Å²) in [6, 6.07) is 0. The fourth-order valence-corrected chi connectivity index (χ4v) is 3.57. The molecule has 0 N–H and O–H groups in total. The summed E-state index contributed by atoms with van der Waals surface area (Å²) in [6.07, 6.45) is 2.73. The summed E-state index contributed by atoms with van der Waals surface area (Å²) in [5.41, 5.74) is 0. The molecule has 0 radical (unpaired) electrons. The van der Waals surface area contributed by atoms with Gasteiger partial charge in [0.15, 0.2) is 6.17 Å². The van der Waals surface area contributed by atoms with E-state index in [4.69, 9.17) is 4.74 Å². The third-order valence-electron chi connectivity index (χ3n) is 4.82. The molecule has 1 nitrogen and oxygen atoms in total. The minimum Gasteiger partial charge on any atom is -0.378 e. The zero-order chi connectivity index (χ0) is 12.4. The number of alkyl halides is 2. The van der Waals surface area contributed by atoms with Crippen molar-refractivity contribution in [2.75, 3.05) is 7.11 Å². The molecule has 0 bridgehead atoms. The first-order chi connectivity index (χ1) is 8.13. The van der Waals surface area contributed by atoms with Crippen molar-refractivity contribution in [2.24, 2.45) is 17.8 Å². The minimum absolute atomic E-state index is 0.0658. The van der Waals surface area contributed by atoms with E-state index in [1.165, 1.54) is 20.0 Å². The van der Waals surface area contributed by atoms with Crippen molar-refractivity contribution in [1.29, 1.82) is 0 Å². The molecule has 0 saturated heterocycles. The van der Waals surface area contributed by atoms with Gasteiger partial charge >= 0.3 is 0 Å². The van der Waals surface area contributed by atoms with Crippen molar-refractivity contribution in [3.63, 3.8) is 0 Å². The van der Waals surface area contributed by atoms with Gasteiger partial charge in [-0.1, -0.05) is 19.8 Å². The summed E-state index contributed by atoms with van der Waals surface area (Å²) in [6.45, 7) is 2.25. The van der Waals surface area contributed by atoms with Crippen LogP contribution in [-0.2, 0) is 4.74 Å². The maximum absolute atomic E-state index is 14.1. The van der Waals surface area contributed by atoms with Gasteiger partial charge in [-0.05, 0) is 43.4 Å². The first-order valence-corrected chi connectivity index (χ1v) is 6.94. The minimum atomic E-state index is -1.42. The van der Waals surface area contributed by atoms with Gasteiger partial charge in [0, 0.05) is 7.11 Å². The van der Waals surface area contributed by atoms with Gasteiger partial charge in [-0.15, -0.1) is 0 Å². The van der Waals surface area contributed by atoms with Crippen molar-refractivity contribution in [1.82, 2.24) is 0 Å². The van der Waals surface area contributed by atoms with Crippen molar-refractivity contribution in [2.45, 2.75) is 63.9 Å². The van der Waals surface area contributed by atoms with Crippen LogP contribution in [0.25, 0.3) is 0 Å². The first-order valence-electron chi connectivity index (χ1n) is 6.94. The van der Waals surface area contributed by atoms with Crippen LogP contribution in [0.15, 0.2) is 0 Å². The standard InChI is InChI=1S/C14H24F2O/c1-9-3-5-10(6-4-9)11-7-8-12(17-2)14(16)13(11)15/h9-14H,3-8H2,1-2H3. The van der Waals surface area contributed by atoms with E-state index < -0.39 is 18.4 Å². The van der Waals surface area contributed by atoms with Gasteiger partial charge in [0.05, 0.1) is 6.10 Å². The molecule has 0 heterocycles. The predicted octanol–water partition coefficient (Wildman–Crippen LogP) is 3.91. The molecule has 0 amide bonds. The summed E-state index contributed by atoms with van der Waals surface area (Å²) < 4.78 is 32.9. The molecule has 0 aromatic rings. The van der Waals surface area contributed by atoms with Gasteiger partial charge in [0.1, 0.15) is 6.17 Å². The van der Waals surface area contributed by atoms with Crippen LogP contribution in [0.4, 0.5) is 8.78 Å². The van der Waals surface area contributed by atoms with Gasteiger partial charge < -0.3 is 4.74 Å². The Kier molecular flexibility index (Phi) is 4.40. The second kappa shape index (κ2) is 5.64. The number of rotatable bonds is 2. The van der Waals surface area contributed by atoms with Crippen molar-refractivity contribution in [3.8, 4) is 0 Å². The lowest BCUT2D eigenvalue weighted by Gasteiger charge is -2.40. The molecular weight excluding hydrogens is 222 g/mol. The zero-order valence-electron chi connectivity index (χ0n) is 10.9. The van der Waals surface area contributed by atoms with Crippen LogP contribution in [0, 0.1) is 17.8 Å². The van der Waals surface area contributed by atoms with E-state index in [1.807, 2.05) is 0 Å². The Labute approximate surface area is 103 Å². The number of hydrogen-bond acceptors (Lipinski definition) is 1. The van der Waals surface area contributed by atoms with E-state index in [-0.39, 0.29) is 5.92 Å². The maximum Gasteiger partial charge on any atom is 0.157 e. The van der Waals surface area contributed by atoms with Crippen molar-refractivity contribution in [3.05, 3.63) is 0 Å². The maximum atomic E-state index is 14.1. The van der Waals surface area contributed by atoms with Crippen molar-refractivity contribution < 1.29 is 13.5 Å². The number of methoxy groups -OCH3 is 1. The molecule has 0 aromatic heterocycles. The summed E-state index contributed by atoms with van der Waals surface area (Å²) in [5.74, 6) is 1.10. The Morgan fingerprint density at radius 2 is 1.53 bits per heavy atom. The van der Waals surface area contributed by atoms with E-state index in [9.17, 15) is 8.78 Å². The Morgan fingerprint density at radius 3 is 2.12 bits per heavy atom. The average molecular weight is 246 g/mol. The Hall–Kier alpha value is -0.180. The summed E-state index contributed by atoms with van der Waals surface area (Å²) >= 11 is 0. The van der Waals surface area contributed by atoms with Gasteiger partial charge in [0.2, 0.25) is 0 Å². The van der Waals surface area contributed by atoms with Crippen LogP contribution in [0.3, 0.4) is 0 Å². The molecule has 2 fully saturated rings. The Balaban J connectivity index is 1.93. The third-order valence-corrected chi connectivity index (χ3v) is 4.82. The molecule has 2 rings (SSSR count). The second-order valence-corrected chi connectivity index (χ2v) is 5.92. The average Bonchev–Trinajstić information content (AvgIpc) is 2.34. The third kappa shape index (κ3) is 2.81. The smallest absolute Gasteiger partial charge is 0.157 e. The fraction of sp³-hybridized carbons (Fsp3) is 1.00. The van der Waals surface area contributed by atoms with Crippen LogP contribution in [0.1, 0.15) is 45.4 Å². The molecule has 2 saturated carbocycles. The van der Waals surface area contributed by atoms with E-state index in [2.05, 4.69) is 6.92 Å². The van der Waals surface area contributed by atoms with Crippen LogP contribution in [-0.4, -0.2) is 25.6 Å². The lowest BCUT2D eigenvalue weighted by atomic mass is 9.69. The quantitative estimate of drug-likeness (QED) is 0.717. The SMILES string of the molecule is COC1CCC(C2CCC(C)CC2)C(F)C1F. The molecule has 2 aliphatic carbocycles. The number of halogens is 2. The largest absolute Gasteiger partial charge is 0.378 e. The molecule has 0 aromatic carbocycles. The van der Waals surface area contributed by atoms with Crippen LogP contribution >= 0.6 is 0 Å². The van der Waals surface area contributed by atoms with E-state index in [0.717, 1.165) is 25.2 Å². The highest BCUT2D eigenvalue weighted by Crippen LogP contribution is 2.42. The van der Waals surface area contributed by atoms with Gasteiger partial charge in [-0.3, -0.25) is 0 Å². The van der Waals surface area contributed by atoms with Crippen molar-refractivity contribution >= 4 is 0 Å². The highest BCUT2D eigenvalue weighted by atomic mass is 19.2. The Bertz CT molecular complexity index is 236. The fourth-order valence-electron chi connectivity index (χ4n) is 3.57. The first kappa shape index (κ1) is 13.3. The van der Waals surface area contributed by atoms with Crippen LogP contribution in [0.2, 0.25) is 0 Å². The monoisotopic (exact) mass is 246 g/mol. The topological polar surface area (TPSA) is 9.23 Å². The molecule has 0 aliphatic heterocycles. The zero-order valence-corrected chi connectivity index (χ0v) is 10.9. The van der Waals surface area contributed by atoms with E-state index in [0.29, 0.717) is 12.3 Å². The second-order valence-electron chi connectivity index (χ2n) is 5.92. The van der Waals surface area contributed by atoms with E-state index in [1.54, 1.807) is 0 Å². The van der Waals surface area contributed by atoms with E-state index >= 15 is 0 Å². The molecule has 100 valence electrons. The molecule has 0 spiro atoms. The predicted molar refractivity (Wildman–Crippen MR) is 64.4 cm³/mol. The van der Waals surface area contributed by atoms with Crippen LogP contribution in [0.5, 0.6) is 0 Å². The lowest BCUT2D eigenvalue weighted by Crippen LogP contribution is -2.45. The number of hydrogen-bond donors (Lipinski definition) is 0. The normalized spacial score (nSPS) is 48.0. The molecule has 3 heteroatoms. The van der Waals surface area contributed by atoms with Gasteiger partial charge in [-0.25, -0.2) is 8.78 Å². The van der Waals surface area contributed by atoms with Crippen LogP contribution < -0.4 is 0 Å². The highest BCUT2D eigenvalue weighted by Gasteiger charge is 2.43. The van der Waals surface area contributed by atoms with Gasteiger partial charge in [-0.2, -0.15) is 0 Å².